The molecule has 0 aliphatic carbocycles. The van der Waals surface area contributed by atoms with Crippen molar-refractivity contribution >= 4 is 28.9 Å². The molecular weight excluding hydrogens is 454 g/mol. The second-order valence-electron chi connectivity index (χ2n) is 8.12. The maximum absolute atomic E-state index is 13.7. The summed E-state index contributed by atoms with van der Waals surface area (Å²) in [5.41, 5.74) is 6.16. The number of nitrogens with zero attached hydrogens (tertiary/aromatic N) is 2. The van der Waals surface area contributed by atoms with Gasteiger partial charge in [-0.1, -0.05) is 97.2 Å². The topological polar surface area (TPSA) is 59.9 Å². The van der Waals surface area contributed by atoms with Crippen LogP contribution in [0.1, 0.15) is 16.7 Å². The predicted molar refractivity (Wildman–Crippen MR) is 144 cm³/mol. The maximum atomic E-state index is 13.7. The van der Waals surface area contributed by atoms with Crippen molar-refractivity contribution < 1.29 is 4.74 Å². The van der Waals surface area contributed by atoms with Gasteiger partial charge >= 0.3 is 0 Å². The minimum Gasteiger partial charge on any atom is -0.496 e. The summed E-state index contributed by atoms with van der Waals surface area (Å²) in [4.78, 5) is 21.9. The number of aromatic nitrogens is 3. The van der Waals surface area contributed by atoms with Crippen molar-refractivity contribution in [2.75, 3.05) is 7.11 Å². The van der Waals surface area contributed by atoms with Gasteiger partial charge in [0, 0.05) is 23.1 Å². The zero-order chi connectivity index (χ0) is 24.2. The van der Waals surface area contributed by atoms with E-state index in [9.17, 15) is 4.79 Å². The Bertz CT molecular complexity index is 1540. The minimum absolute atomic E-state index is 0.104. The van der Waals surface area contributed by atoms with E-state index in [4.69, 9.17) is 9.72 Å². The lowest BCUT2D eigenvalue weighted by Gasteiger charge is -2.14. The lowest BCUT2D eigenvalue weighted by molar-refractivity contribution is 0.407. The fourth-order valence-corrected chi connectivity index (χ4v) is 5.01. The van der Waals surface area contributed by atoms with Crippen molar-refractivity contribution in [2.45, 2.75) is 17.5 Å². The predicted octanol–water partition coefficient (Wildman–Crippen LogP) is 6.38. The molecule has 0 spiro atoms. The molecule has 0 aliphatic heterocycles. The van der Waals surface area contributed by atoms with Crippen LogP contribution in [0.2, 0.25) is 0 Å². The number of hydrogen-bond acceptors (Lipinski definition) is 4. The molecule has 1 N–H and O–H groups in total. The molecule has 0 amide bonds. The average molecular weight is 480 g/mol. The van der Waals surface area contributed by atoms with E-state index < -0.39 is 0 Å². The molecule has 0 fully saturated rings. The van der Waals surface area contributed by atoms with Crippen LogP contribution in [0.15, 0.2) is 102 Å². The number of thioether (sulfide) groups is 1. The monoisotopic (exact) mass is 479 g/mol. The molecule has 3 aromatic carbocycles. The number of aromatic amines is 1. The fraction of sp³-hybridized carbons (Fsp3) is 0.103. The highest BCUT2D eigenvalue weighted by molar-refractivity contribution is 7.98. The molecule has 174 valence electrons. The van der Waals surface area contributed by atoms with E-state index in [1.54, 1.807) is 23.4 Å². The van der Waals surface area contributed by atoms with E-state index in [0.717, 1.165) is 33.6 Å². The van der Waals surface area contributed by atoms with E-state index >= 15 is 0 Å². The van der Waals surface area contributed by atoms with Crippen molar-refractivity contribution in [3.63, 3.8) is 0 Å². The average Bonchev–Trinajstić information content (AvgIpc) is 3.34. The Morgan fingerprint density at radius 3 is 2.51 bits per heavy atom. The highest BCUT2D eigenvalue weighted by atomic mass is 32.2. The second-order valence-corrected chi connectivity index (χ2v) is 9.07. The molecule has 0 saturated heterocycles. The van der Waals surface area contributed by atoms with Crippen LogP contribution >= 0.6 is 11.8 Å². The number of H-pyrrole nitrogens is 1. The first-order valence-electron chi connectivity index (χ1n) is 11.3. The van der Waals surface area contributed by atoms with Crippen molar-refractivity contribution in [1.29, 1.82) is 0 Å². The highest BCUT2D eigenvalue weighted by Gasteiger charge is 2.18. The zero-order valence-corrected chi connectivity index (χ0v) is 20.2. The summed E-state index contributed by atoms with van der Waals surface area (Å²) in [6.07, 6.45) is 3.69. The number of nitrogens with one attached hydrogen (secondary N) is 1. The van der Waals surface area contributed by atoms with E-state index in [1.165, 1.54) is 0 Å². The first kappa shape index (κ1) is 22.7. The van der Waals surface area contributed by atoms with Gasteiger partial charge in [-0.05, 0) is 22.8 Å². The summed E-state index contributed by atoms with van der Waals surface area (Å²) in [6, 6.07) is 26.0. The van der Waals surface area contributed by atoms with Crippen LogP contribution in [0, 0.1) is 0 Å². The molecule has 5 aromatic rings. The first-order chi connectivity index (χ1) is 17.2. The second kappa shape index (κ2) is 10.1. The van der Waals surface area contributed by atoms with E-state index in [0.29, 0.717) is 28.5 Å². The molecule has 0 aliphatic rings. The maximum Gasteiger partial charge on any atom is 0.278 e. The Morgan fingerprint density at radius 1 is 1.03 bits per heavy atom. The van der Waals surface area contributed by atoms with Crippen LogP contribution in [0.25, 0.3) is 28.2 Å². The Kier molecular flexibility index (Phi) is 6.55. The molecule has 6 heteroatoms. The zero-order valence-electron chi connectivity index (χ0n) is 19.4. The minimum atomic E-state index is -0.104. The van der Waals surface area contributed by atoms with Gasteiger partial charge in [-0.2, -0.15) is 0 Å². The number of methoxy groups -OCH3 is 1. The van der Waals surface area contributed by atoms with Crippen LogP contribution in [0.3, 0.4) is 0 Å². The van der Waals surface area contributed by atoms with Crippen LogP contribution < -0.4 is 10.3 Å². The Morgan fingerprint density at radius 2 is 1.77 bits per heavy atom. The number of benzene rings is 3. The van der Waals surface area contributed by atoms with E-state index in [-0.39, 0.29) is 5.56 Å². The van der Waals surface area contributed by atoms with Crippen molar-refractivity contribution in [1.82, 2.24) is 14.5 Å². The van der Waals surface area contributed by atoms with E-state index in [2.05, 4.69) is 23.7 Å². The number of fused-ring (bicyclic) bond motifs is 1. The van der Waals surface area contributed by atoms with Gasteiger partial charge in [0.1, 0.15) is 16.8 Å². The molecule has 2 heterocycles. The van der Waals surface area contributed by atoms with E-state index in [1.807, 2.05) is 79.0 Å². The normalized spacial score (nSPS) is 11.0. The number of ether oxygens (including phenoxy) is 1. The van der Waals surface area contributed by atoms with Gasteiger partial charge in [0.2, 0.25) is 0 Å². The highest BCUT2D eigenvalue weighted by Crippen LogP contribution is 2.30. The van der Waals surface area contributed by atoms with Gasteiger partial charge in [-0.15, -0.1) is 0 Å². The summed E-state index contributed by atoms with van der Waals surface area (Å²) >= 11 is 1.55. The lowest BCUT2D eigenvalue weighted by Crippen LogP contribution is -2.24. The Labute approximate surface area is 208 Å². The van der Waals surface area contributed by atoms with Crippen LogP contribution in [0.5, 0.6) is 5.75 Å². The summed E-state index contributed by atoms with van der Waals surface area (Å²) in [7, 11) is 1.64. The fourth-order valence-electron chi connectivity index (χ4n) is 4.06. The molecule has 0 saturated carbocycles. The molecule has 2 aromatic heterocycles. The quantitative estimate of drug-likeness (QED) is 0.207. The molecule has 5 rings (SSSR count). The Hall–Kier alpha value is -4.03. The van der Waals surface area contributed by atoms with Crippen LogP contribution in [0.4, 0.5) is 0 Å². The van der Waals surface area contributed by atoms with Crippen molar-refractivity contribution in [3.05, 3.63) is 119 Å². The van der Waals surface area contributed by atoms with Gasteiger partial charge < -0.3 is 9.72 Å². The SMILES string of the molecule is C=Cc1ccc(CSc2nc3c(-c4ccccc4)c[nH]c3c(=O)n2Cc2ccccc2OC)cc1. The lowest BCUT2D eigenvalue weighted by atomic mass is 10.1. The molecule has 0 radical (unpaired) electrons. The molecular formula is C29H25N3O2S. The van der Waals surface area contributed by atoms with Gasteiger partial charge in [0.05, 0.1) is 13.7 Å². The largest absolute Gasteiger partial charge is 0.496 e. The number of para-hydroxylation sites is 1. The standard InChI is InChI=1S/C29H25N3O2S/c1-3-20-13-15-21(16-14-20)19-35-29-31-26-24(22-9-5-4-6-10-22)17-30-27(26)28(33)32(29)18-23-11-7-8-12-25(23)34-2/h3-17,30H,1,18-19H2,2H3. The Balaban J connectivity index is 1.60. The van der Waals surface area contributed by atoms with Crippen LogP contribution in [-0.4, -0.2) is 21.6 Å². The summed E-state index contributed by atoms with van der Waals surface area (Å²) < 4.78 is 7.27. The number of hydrogen-bond donors (Lipinski definition) is 1. The molecule has 0 bridgehead atoms. The third-order valence-corrected chi connectivity index (χ3v) is 6.99. The smallest absolute Gasteiger partial charge is 0.278 e. The van der Waals surface area contributed by atoms with Gasteiger partial charge in [0.25, 0.3) is 5.56 Å². The summed E-state index contributed by atoms with van der Waals surface area (Å²) in [6.45, 7) is 4.18. The van der Waals surface area contributed by atoms with Gasteiger partial charge in [-0.3, -0.25) is 9.36 Å². The van der Waals surface area contributed by atoms with Crippen molar-refractivity contribution in [2.24, 2.45) is 0 Å². The molecule has 5 nitrogen and oxygen atoms in total. The van der Waals surface area contributed by atoms with Gasteiger partial charge in [0.15, 0.2) is 5.16 Å². The summed E-state index contributed by atoms with van der Waals surface area (Å²) in [5.74, 6) is 1.43. The van der Waals surface area contributed by atoms with Crippen LogP contribution in [-0.2, 0) is 12.3 Å². The van der Waals surface area contributed by atoms with Crippen molar-refractivity contribution in [3.8, 4) is 16.9 Å². The third kappa shape index (κ3) is 4.66. The molecule has 35 heavy (non-hydrogen) atoms. The molecule has 0 atom stereocenters. The first-order valence-corrected chi connectivity index (χ1v) is 12.3. The van der Waals surface area contributed by atoms with Gasteiger partial charge in [-0.25, -0.2) is 4.98 Å². The summed E-state index contributed by atoms with van der Waals surface area (Å²) in [5, 5.41) is 0.665. The number of rotatable bonds is 8. The third-order valence-electron chi connectivity index (χ3n) is 5.94. The molecule has 0 unspecified atom stereocenters.